The molecular weight excluding hydrogens is 346 g/mol. The van der Waals surface area contributed by atoms with Crippen molar-refractivity contribution in [2.75, 3.05) is 11.9 Å². The van der Waals surface area contributed by atoms with Crippen LogP contribution in [0.5, 0.6) is 0 Å². The Hall–Kier alpha value is -1.92. The predicted molar refractivity (Wildman–Crippen MR) is 97.9 cm³/mol. The van der Waals surface area contributed by atoms with Crippen LogP contribution in [-0.4, -0.2) is 23.3 Å². The van der Waals surface area contributed by atoms with E-state index in [2.05, 4.69) is 15.6 Å². The van der Waals surface area contributed by atoms with Gasteiger partial charge in [0.1, 0.15) is 0 Å². The number of aryl methyl sites for hydroxylation is 2. The van der Waals surface area contributed by atoms with Gasteiger partial charge in [-0.25, -0.2) is 4.98 Å². The first-order valence-corrected chi connectivity index (χ1v) is 9.03. The number of rotatable bonds is 7. The highest BCUT2D eigenvalue weighted by molar-refractivity contribution is 7.09. The largest absolute Gasteiger partial charge is 0.352 e. The molecule has 0 unspecified atom stereocenters. The van der Waals surface area contributed by atoms with Crippen LogP contribution in [0.15, 0.2) is 23.7 Å². The van der Waals surface area contributed by atoms with Gasteiger partial charge in [0.25, 0.3) is 5.91 Å². The van der Waals surface area contributed by atoms with Crippen molar-refractivity contribution in [3.63, 3.8) is 0 Å². The standard InChI is InChI=1S/C17H20ClN3O2S/c1-3-8-19-17(23)12-4-5-13(18)14(9-12)21-16(22)7-6-15-11(2)20-10-24-15/h4-5,9-10H,3,6-8H2,1-2H3,(H,19,23)(H,21,22). The van der Waals surface area contributed by atoms with Gasteiger partial charge < -0.3 is 10.6 Å². The molecule has 5 nitrogen and oxygen atoms in total. The molecule has 24 heavy (non-hydrogen) atoms. The number of thiazole rings is 1. The van der Waals surface area contributed by atoms with E-state index in [1.165, 1.54) is 0 Å². The summed E-state index contributed by atoms with van der Waals surface area (Å²) in [6.07, 6.45) is 1.84. The molecule has 7 heteroatoms. The molecule has 0 spiro atoms. The number of anilines is 1. The maximum absolute atomic E-state index is 12.1. The number of carbonyl (C=O) groups is 2. The Morgan fingerprint density at radius 2 is 2.12 bits per heavy atom. The van der Waals surface area contributed by atoms with Gasteiger partial charge in [0.2, 0.25) is 5.91 Å². The monoisotopic (exact) mass is 365 g/mol. The Kier molecular flexibility index (Phi) is 6.75. The number of aromatic nitrogens is 1. The smallest absolute Gasteiger partial charge is 0.251 e. The molecule has 0 saturated carbocycles. The average Bonchev–Trinajstić information content (AvgIpc) is 2.97. The van der Waals surface area contributed by atoms with E-state index < -0.39 is 0 Å². The molecule has 0 aliphatic carbocycles. The second-order valence-electron chi connectivity index (χ2n) is 5.36. The molecule has 0 saturated heterocycles. The molecule has 1 aromatic carbocycles. The van der Waals surface area contributed by atoms with E-state index in [0.717, 1.165) is 17.0 Å². The Balaban J connectivity index is 1.99. The number of hydrogen-bond acceptors (Lipinski definition) is 4. The van der Waals surface area contributed by atoms with Crippen LogP contribution in [0.4, 0.5) is 5.69 Å². The van der Waals surface area contributed by atoms with Crippen LogP contribution in [0.25, 0.3) is 0 Å². The summed E-state index contributed by atoms with van der Waals surface area (Å²) in [7, 11) is 0. The molecule has 2 amide bonds. The molecule has 0 atom stereocenters. The molecule has 0 aliphatic rings. The Morgan fingerprint density at radius 1 is 1.33 bits per heavy atom. The van der Waals surface area contributed by atoms with E-state index in [1.807, 2.05) is 13.8 Å². The molecule has 0 radical (unpaired) electrons. The molecule has 0 bridgehead atoms. The highest BCUT2D eigenvalue weighted by atomic mass is 35.5. The lowest BCUT2D eigenvalue weighted by Crippen LogP contribution is -2.24. The van der Waals surface area contributed by atoms with E-state index in [0.29, 0.717) is 35.7 Å². The first-order chi connectivity index (χ1) is 11.5. The van der Waals surface area contributed by atoms with E-state index >= 15 is 0 Å². The molecular formula is C17H20ClN3O2S. The van der Waals surface area contributed by atoms with Crippen molar-refractivity contribution < 1.29 is 9.59 Å². The number of benzene rings is 1. The summed E-state index contributed by atoms with van der Waals surface area (Å²) in [6, 6.07) is 4.86. The first kappa shape index (κ1) is 18.4. The Morgan fingerprint density at radius 3 is 2.79 bits per heavy atom. The molecule has 2 rings (SSSR count). The van der Waals surface area contributed by atoms with Crippen LogP contribution in [0.2, 0.25) is 5.02 Å². The van der Waals surface area contributed by atoms with Crippen LogP contribution < -0.4 is 10.6 Å². The van der Waals surface area contributed by atoms with Gasteiger partial charge in [0.05, 0.1) is 21.9 Å². The van der Waals surface area contributed by atoms with E-state index in [-0.39, 0.29) is 11.8 Å². The van der Waals surface area contributed by atoms with Crippen molar-refractivity contribution in [2.24, 2.45) is 0 Å². The second kappa shape index (κ2) is 8.80. The van der Waals surface area contributed by atoms with Gasteiger partial charge in [-0.05, 0) is 38.0 Å². The summed E-state index contributed by atoms with van der Waals surface area (Å²) in [5, 5.41) is 5.98. The SMILES string of the molecule is CCCNC(=O)c1ccc(Cl)c(NC(=O)CCc2scnc2C)c1. The Labute approximate surface area is 150 Å². The number of amides is 2. The van der Waals surface area contributed by atoms with Gasteiger partial charge in [-0.2, -0.15) is 0 Å². The second-order valence-corrected chi connectivity index (χ2v) is 6.71. The van der Waals surface area contributed by atoms with Crippen LogP contribution in [0.1, 0.15) is 40.7 Å². The molecule has 2 N–H and O–H groups in total. The number of nitrogens with one attached hydrogen (secondary N) is 2. The molecule has 0 aliphatic heterocycles. The van der Waals surface area contributed by atoms with Gasteiger partial charge in [0, 0.05) is 23.4 Å². The number of halogens is 1. The normalized spacial score (nSPS) is 10.5. The van der Waals surface area contributed by atoms with Crippen LogP contribution in [0, 0.1) is 6.92 Å². The minimum Gasteiger partial charge on any atom is -0.352 e. The number of hydrogen-bond donors (Lipinski definition) is 2. The fourth-order valence-electron chi connectivity index (χ4n) is 2.11. The van der Waals surface area contributed by atoms with Crippen LogP contribution in [-0.2, 0) is 11.2 Å². The minimum absolute atomic E-state index is 0.143. The lowest BCUT2D eigenvalue weighted by atomic mass is 10.1. The maximum Gasteiger partial charge on any atom is 0.251 e. The molecule has 1 aromatic heterocycles. The minimum atomic E-state index is -0.177. The summed E-state index contributed by atoms with van der Waals surface area (Å²) >= 11 is 7.66. The maximum atomic E-state index is 12.1. The van der Waals surface area contributed by atoms with Gasteiger partial charge in [-0.1, -0.05) is 18.5 Å². The van der Waals surface area contributed by atoms with Crippen molar-refractivity contribution in [3.05, 3.63) is 44.9 Å². The molecule has 2 aromatic rings. The topological polar surface area (TPSA) is 71.1 Å². The highest BCUT2D eigenvalue weighted by Gasteiger charge is 2.12. The van der Waals surface area contributed by atoms with E-state index in [4.69, 9.17) is 11.6 Å². The van der Waals surface area contributed by atoms with Crippen molar-refractivity contribution in [3.8, 4) is 0 Å². The molecule has 0 fully saturated rings. The highest BCUT2D eigenvalue weighted by Crippen LogP contribution is 2.24. The van der Waals surface area contributed by atoms with Crippen molar-refractivity contribution in [1.29, 1.82) is 0 Å². The zero-order valence-corrected chi connectivity index (χ0v) is 15.3. The average molecular weight is 366 g/mol. The summed E-state index contributed by atoms with van der Waals surface area (Å²) in [5.41, 5.74) is 3.66. The zero-order chi connectivity index (χ0) is 17.5. The van der Waals surface area contributed by atoms with E-state index in [1.54, 1.807) is 35.0 Å². The van der Waals surface area contributed by atoms with Crippen LogP contribution in [0.3, 0.4) is 0 Å². The van der Waals surface area contributed by atoms with Crippen LogP contribution >= 0.6 is 22.9 Å². The summed E-state index contributed by atoms with van der Waals surface area (Å²) < 4.78 is 0. The number of nitrogens with zero attached hydrogens (tertiary/aromatic N) is 1. The van der Waals surface area contributed by atoms with Gasteiger partial charge >= 0.3 is 0 Å². The predicted octanol–water partition coefficient (Wildman–Crippen LogP) is 3.82. The first-order valence-electron chi connectivity index (χ1n) is 7.77. The summed E-state index contributed by atoms with van der Waals surface area (Å²) in [5.74, 6) is -0.319. The van der Waals surface area contributed by atoms with Crippen molar-refractivity contribution >= 4 is 40.4 Å². The van der Waals surface area contributed by atoms with Gasteiger partial charge in [0.15, 0.2) is 0 Å². The quantitative estimate of drug-likeness (QED) is 0.783. The summed E-state index contributed by atoms with van der Waals surface area (Å²) in [6.45, 7) is 4.52. The number of carbonyl (C=O) groups excluding carboxylic acids is 2. The third kappa shape index (κ3) is 5.04. The van der Waals surface area contributed by atoms with Crippen molar-refractivity contribution in [2.45, 2.75) is 33.1 Å². The third-order valence-corrected chi connectivity index (χ3v) is 4.79. The van der Waals surface area contributed by atoms with Crippen molar-refractivity contribution in [1.82, 2.24) is 10.3 Å². The molecule has 128 valence electrons. The third-order valence-electron chi connectivity index (χ3n) is 3.46. The lowest BCUT2D eigenvalue weighted by Gasteiger charge is -2.10. The van der Waals surface area contributed by atoms with E-state index in [9.17, 15) is 9.59 Å². The molecule has 1 heterocycles. The fourth-order valence-corrected chi connectivity index (χ4v) is 3.05. The zero-order valence-electron chi connectivity index (χ0n) is 13.7. The fraction of sp³-hybridized carbons (Fsp3) is 0.353. The Bertz CT molecular complexity index is 730. The lowest BCUT2D eigenvalue weighted by molar-refractivity contribution is -0.116. The van der Waals surface area contributed by atoms with Gasteiger partial charge in [-0.15, -0.1) is 11.3 Å². The van der Waals surface area contributed by atoms with Gasteiger partial charge in [-0.3, -0.25) is 9.59 Å². The summed E-state index contributed by atoms with van der Waals surface area (Å²) in [4.78, 5) is 29.4.